The lowest BCUT2D eigenvalue weighted by Gasteiger charge is -2.16. The maximum Gasteiger partial charge on any atom is 0.407 e. The summed E-state index contributed by atoms with van der Waals surface area (Å²) in [6, 6.07) is 3.23. The molecule has 17 heavy (non-hydrogen) atoms. The Morgan fingerprint density at radius 1 is 1.29 bits per heavy atom. The Kier molecular flexibility index (Phi) is 5.44. The van der Waals surface area contributed by atoms with Gasteiger partial charge < -0.3 is 11.1 Å². The van der Waals surface area contributed by atoms with Crippen LogP contribution in [-0.2, 0) is 4.79 Å². The average Bonchev–Trinajstić information content (AvgIpc) is 2.15. The van der Waals surface area contributed by atoms with Gasteiger partial charge >= 0.3 is 6.18 Å². The highest BCUT2D eigenvalue weighted by Crippen LogP contribution is 2.30. The highest BCUT2D eigenvalue weighted by atomic mass is 35.5. The molecule has 1 amide bonds. The van der Waals surface area contributed by atoms with Crippen molar-refractivity contribution in [3.05, 3.63) is 29.8 Å². The minimum atomic E-state index is -4.46. The number of benzene rings is 1. The van der Waals surface area contributed by atoms with Crippen molar-refractivity contribution in [2.24, 2.45) is 5.73 Å². The van der Waals surface area contributed by atoms with Crippen LogP contribution >= 0.6 is 12.4 Å². The van der Waals surface area contributed by atoms with E-state index >= 15 is 0 Å². The zero-order valence-corrected chi connectivity index (χ0v) is 9.73. The highest BCUT2D eigenvalue weighted by Gasteiger charge is 2.37. The largest absolute Gasteiger partial charge is 0.407 e. The normalized spacial score (nSPS) is 12.5. The fourth-order valence-electron chi connectivity index (χ4n) is 1.17. The summed E-state index contributed by atoms with van der Waals surface area (Å²) in [4.78, 5) is 10.7. The number of nitrogens with one attached hydrogen (secondary N) is 1. The highest BCUT2D eigenvalue weighted by molar-refractivity contribution is 5.88. The maximum absolute atomic E-state index is 12.3. The topological polar surface area (TPSA) is 55.1 Å². The van der Waals surface area contributed by atoms with E-state index in [1.807, 2.05) is 0 Å². The summed E-state index contributed by atoms with van der Waals surface area (Å²) in [5.41, 5.74) is 5.41. The molecule has 0 aliphatic rings. The van der Waals surface area contributed by atoms with Crippen molar-refractivity contribution < 1.29 is 18.0 Å². The van der Waals surface area contributed by atoms with Crippen LogP contribution in [0, 0.1) is 0 Å². The van der Waals surface area contributed by atoms with Crippen molar-refractivity contribution in [3.63, 3.8) is 0 Å². The lowest BCUT2D eigenvalue weighted by molar-refractivity contribution is -0.149. The summed E-state index contributed by atoms with van der Waals surface area (Å²) in [6.45, 7) is 1.31. The van der Waals surface area contributed by atoms with E-state index < -0.39 is 12.2 Å². The molecule has 0 saturated heterocycles. The van der Waals surface area contributed by atoms with E-state index in [9.17, 15) is 18.0 Å². The molecule has 3 nitrogen and oxygen atoms in total. The van der Waals surface area contributed by atoms with Crippen LogP contribution in [0.25, 0.3) is 0 Å². The lowest BCUT2D eigenvalue weighted by Crippen LogP contribution is -2.28. The summed E-state index contributed by atoms with van der Waals surface area (Å²) in [7, 11) is 0. The maximum atomic E-state index is 12.3. The molecule has 1 rings (SSSR count). The third kappa shape index (κ3) is 4.62. The third-order valence-electron chi connectivity index (χ3n) is 1.94. The van der Waals surface area contributed by atoms with Gasteiger partial charge in [0.1, 0.15) is 6.04 Å². The van der Waals surface area contributed by atoms with Crippen LogP contribution in [0.2, 0.25) is 0 Å². The van der Waals surface area contributed by atoms with E-state index in [-0.39, 0.29) is 23.9 Å². The molecule has 0 radical (unpaired) electrons. The Balaban J connectivity index is 0.00000256. The lowest BCUT2D eigenvalue weighted by atomic mass is 10.1. The molecule has 0 aliphatic heterocycles. The van der Waals surface area contributed by atoms with Gasteiger partial charge in [-0.15, -0.1) is 12.4 Å². The molecule has 0 spiro atoms. The van der Waals surface area contributed by atoms with Gasteiger partial charge in [-0.1, -0.05) is 12.1 Å². The van der Waals surface area contributed by atoms with E-state index in [1.54, 1.807) is 0 Å². The summed E-state index contributed by atoms with van der Waals surface area (Å²) in [5.74, 6) is -0.284. The number of alkyl halides is 3. The molecule has 1 aromatic rings. The molecule has 3 N–H and O–H groups in total. The summed E-state index contributed by atoms with van der Waals surface area (Å²) in [5, 5.41) is 2.45. The standard InChI is InChI=1S/C10H11F3N2O.ClH/c1-6(16)15-8-4-2-7(3-5-8)9(14)10(11,12)13;/h2-5,9H,14H2,1H3,(H,15,16);1H/t9-;/m0./s1. The second kappa shape index (κ2) is 5.88. The number of amides is 1. The number of carbonyl (C=O) groups excluding carboxylic acids is 1. The summed E-state index contributed by atoms with van der Waals surface area (Å²) >= 11 is 0. The van der Waals surface area contributed by atoms with E-state index in [0.717, 1.165) is 0 Å². The minimum Gasteiger partial charge on any atom is -0.326 e. The molecule has 0 aromatic heterocycles. The fourth-order valence-corrected chi connectivity index (χ4v) is 1.17. The minimum absolute atomic E-state index is 0. The quantitative estimate of drug-likeness (QED) is 0.866. The van der Waals surface area contributed by atoms with Crippen molar-refractivity contribution in [2.45, 2.75) is 19.1 Å². The van der Waals surface area contributed by atoms with Crippen LogP contribution in [-0.4, -0.2) is 12.1 Å². The van der Waals surface area contributed by atoms with Gasteiger partial charge in [-0.05, 0) is 17.7 Å². The van der Waals surface area contributed by atoms with Crippen molar-refractivity contribution in [3.8, 4) is 0 Å². The van der Waals surface area contributed by atoms with Crippen molar-refractivity contribution in [1.29, 1.82) is 0 Å². The van der Waals surface area contributed by atoms with Gasteiger partial charge in [0.25, 0.3) is 0 Å². The number of nitrogens with two attached hydrogens (primary N) is 1. The molecule has 7 heteroatoms. The van der Waals surface area contributed by atoms with E-state index in [2.05, 4.69) is 5.32 Å². The van der Waals surface area contributed by atoms with Crippen LogP contribution in [0.1, 0.15) is 18.5 Å². The van der Waals surface area contributed by atoms with E-state index in [1.165, 1.54) is 31.2 Å². The second-order valence-electron chi connectivity index (χ2n) is 3.32. The number of rotatable bonds is 2. The molecule has 0 aliphatic carbocycles. The van der Waals surface area contributed by atoms with Crippen molar-refractivity contribution in [2.75, 3.05) is 5.32 Å². The van der Waals surface area contributed by atoms with Crippen LogP contribution in [0.15, 0.2) is 24.3 Å². The van der Waals surface area contributed by atoms with Gasteiger partial charge in [-0.3, -0.25) is 4.79 Å². The smallest absolute Gasteiger partial charge is 0.326 e. The summed E-state index contributed by atoms with van der Waals surface area (Å²) < 4.78 is 36.8. The van der Waals surface area contributed by atoms with Gasteiger partial charge in [0.15, 0.2) is 0 Å². The average molecular weight is 269 g/mol. The Morgan fingerprint density at radius 2 is 1.76 bits per heavy atom. The van der Waals surface area contributed by atoms with Gasteiger partial charge in [0.2, 0.25) is 5.91 Å². The molecule has 1 atom stereocenters. The van der Waals surface area contributed by atoms with Gasteiger partial charge in [-0.2, -0.15) is 13.2 Å². The van der Waals surface area contributed by atoms with Crippen LogP contribution in [0.3, 0.4) is 0 Å². The van der Waals surface area contributed by atoms with Gasteiger partial charge in [0, 0.05) is 12.6 Å². The molecule has 96 valence electrons. The molecular formula is C10H12ClF3N2O. The fraction of sp³-hybridized carbons (Fsp3) is 0.300. The molecule has 0 unspecified atom stereocenters. The second-order valence-corrected chi connectivity index (χ2v) is 3.32. The third-order valence-corrected chi connectivity index (χ3v) is 1.94. The van der Waals surface area contributed by atoms with Crippen LogP contribution in [0.5, 0.6) is 0 Å². The monoisotopic (exact) mass is 268 g/mol. The Morgan fingerprint density at radius 3 is 2.12 bits per heavy atom. The number of hydrogen-bond donors (Lipinski definition) is 2. The van der Waals surface area contributed by atoms with Gasteiger partial charge in [-0.25, -0.2) is 0 Å². The first-order valence-electron chi connectivity index (χ1n) is 4.50. The van der Waals surface area contributed by atoms with E-state index in [0.29, 0.717) is 5.69 Å². The van der Waals surface area contributed by atoms with Crippen molar-refractivity contribution in [1.82, 2.24) is 0 Å². The van der Waals surface area contributed by atoms with Crippen molar-refractivity contribution >= 4 is 24.0 Å². The Labute approximate surface area is 103 Å². The first-order valence-corrected chi connectivity index (χ1v) is 4.50. The zero-order valence-electron chi connectivity index (χ0n) is 8.91. The zero-order chi connectivity index (χ0) is 12.3. The number of anilines is 1. The Bertz CT molecular complexity index is 378. The van der Waals surface area contributed by atoms with Gasteiger partial charge in [0.05, 0.1) is 0 Å². The molecule has 0 fully saturated rings. The molecule has 0 saturated carbocycles. The summed E-state index contributed by atoms with van der Waals surface area (Å²) in [6.07, 6.45) is -4.46. The number of carbonyl (C=O) groups is 1. The first kappa shape index (κ1) is 15.7. The predicted molar refractivity (Wildman–Crippen MR) is 61.0 cm³/mol. The molecule has 0 heterocycles. The van der Waals surface area contributed by atoms with E-state index in [4.69, 9.17) is 5.73 Å². The Hall–Kier alpha value is -1.27. The number of halogens is 4. The number of hydrogen-bond acceptors (Lipinski definition) is 2. The predicted octanol–water partition coefficient (Wildman–Crippen LogP) is 2.63. The van der Waals surface area contributed by atoms with Crippen LogP contribution in [0.4, 0.5) is 18.9 Å². The molecule has 1 aromatic carbocycles. The van der Waals surface area contributed by atoms with Crippen LogP contribution < -0.4 is 11.1 Å². The SMILES string of the molecule is CC(=O)Nc1ccc([C@H](N)C(F)(F)F)cc1.Cl. The molecule has 0 bridgehead atoms. The first-order chi connectivity index (χ1) is 7.30. The molecular weight excluding hydrogens is 257 g/mol.